The van der Waals surface area contributed by atoms with Crippen molar-refractivity contribution in [3.05, 3.63) is 35.9 Å². The van der Waals surface area contributed by atoms with Crippen LogP contribution in [0.25, 0.3) is 0 Å². The second-order valence-electron chi connectivity index (χ2n) is 4.62. The van der Waals surface area contributed by atoms with Crippen molar-refractivity contribution in [1.29, 1.82) is 0 Å². The van der Waals surface area contributed by atoms with E-state index in [0.29, 0.717) is 6.61 Å². The minimum absolute atomic E-state index is 0.120. The summed E-state index contributed by atoms with van der Waals surface area (Å²) in [7, 11) is 0. The van der Waals surface area contributed by atoms with Gasteiger partial charge in [-0.15, -0.1) is 0 Å². The average Bonchev–Trinajstić information content (AvgIpc) is 2.45. The Morgan fingerprint density at radius 2 is 2.17 bits per heavy atom. The first-order chi connectivity index (χ1) is 8.83. The largest absolute Gasteiger partial charge is 0.465 e. The van der Waals surface area contributed by atoms with E-state index in [1.54, 1.807) is 0 Å². The fourth-order valence-corrected chi connectivity index (χ4v) is 2.30. The van der Waals surface area contributed by atoms with Crippen molar-refractivity contribution in [2.75, 3.05) is 13.2 Å². The van der Waals surface area contributed by atoms with E-state index < -0.39 is 0 Å². The van der Waals surface area contributed by atoms with Crippen molar-refractivity contribution in [3.63, 3.8) is 0 Å². The molecule has 2 unspecified atom stereocenters. The minimum Gasteiger partial charge on any atom is -0.465 e. The van der Waals surface area contributed by atoms with Gasteiger partial charge in [-0.1, -0.05) is 37.3 Å². The van der Waals surface area contributed by atoms with Crippen molar-refractivity contribution in [1.82, 2.24) is 0 Å². The molecule has 0 aliphatic carbocycles. The van der Waals surface area contributed by atoms with Crippen LogP contribution in [0.3, 0.4) is 0 Å². The fraction of sp³-hybridized carbons (Fsp3) is 0.533. The summed E-state index contributed by atoms with van der Waals surface area (Å²) in [5.41, 5.74) is 1.07. The van der Waals surface area contributed by atoms with Gasteiger partial charge in [0.2, 0.25) is 0 Å². The van der Waals surface area contributed by atoms with Gasteiger partial charge in [0.1, 0.15) is 0 Å². The summed E-state index contributed by atoms with van der Waals surface area (Å²) in [4.78, 5) is 12.0. The van der Waals surface area contributed by atoms with Crippen molar-refractivity contribution in [2.24, 2.45) is 5.92 Å². The highest BCUT2D eigenvalue weighted by atomic mass is 16.5. The number of rotatable bonds is 4. The molecular weight excluding hydrogens is 228 g/mol. The first-order valence-electron chi connectivity index (χ1n) is 6.66. The third kappa shape index (κ3) is 3.10. The topological polar surface area (TPSA) is 35.5 Å². The zero-order chi connectivity index (χ0) is 12.8. The van der Waals surface area contributed by atoms with Crippen molar-refractivity contribution in [2.45, 2.75) is 32.3 Å². The molecule has 3 heteroatoms. The highest BCUT2D eigenvalue weighted by Crippen LogP contribution is 2.34. The molecule has 2 atom stereocenters. The first-order valence-corrected chi connectivity index (χ1v) is 6.66. The number of hydrogen-bond acceptors (Lipinski definition) is 3. The van der Waals surface area contributed by atoms with Crippen LogP contribution in [0.1, 0.15) is 37.9 Å². The van der Waals surface area contributed by atoms with Crippen LogP contribution in [0.5, 0.6) is 0 Å². The molecule has 0 N–H and O–H groups in total. The third-order valence-corrected chi connectivity index (χ3v) is 3.20. The molecule has 0 saturated carbocycles. The molecule has 0 aromatic heterocycles. The normalized spacial score (nSPS) is 23.6. The predicted octanol–water partition coefficient (Wildman–Crippen LogP) is 3.11. The van der Waals surface area contributed by atoms with Crippen molar-refractivity contribution in [3.8, 4) is 0 Å². The van der Waals surface area contributed by atoms with Gasteiger partial charge in [-0.2, -0.15) is 0 Å². The Morgan fingerprint density at radius 3 is 2.89 bits per heavy atom. The first kappa shape index (κ1) is 13.1. The zero-order valence-electron chi connectivity index (χ0n) is 10.8. The SMILES string of the molecule is CCCOC(=O)C1CCCOC1c1ccccc1. The Bertz CT molecular complexity index is 375. The summed E-state index contributed by atoms with van der Waals surface area (Å²) in [5.74, 6) is -0.280. The lowest BCUT2D eigenvalue weighted by Crippen LogP contribution is -2.30. The number of hydrogen-bond donors (Lipinski definition) is 0. The van der Waals surface area contributed by atoms with E-state index in [1.165, 1.54) is 0 Å². The van der Waals surface area contributed by atoms with Crippen LogP contribution in [-0.2, 0) is 14.3 Å². The number of esters is 1. The minimum atomic E-state index is -0.160. The predicted molar refractivity (Wildman–Crippen MR) is 69.1 cm³/mol. The maximum Gasteiger partial charge on any atom is 0.311 e. The van der Waals surface area contributed by atoms with Crippen LogP contribution in [0.2, 0.25) is 0 Å². The van der Waals surface area contributed by atoms with E-state index in [2.05, 4.69) is 0 Å². The summed E-state index contributed by atoms with van der Waals surface area (Å²) in [6.45, 7) is 3.22. The second-order valence-corrected chi connectivity index (χ2v) is 4.62. The Morgan fingerprint density at radius 1 is 1.39 bits per heavy atom. The van der Waals surface area contributed by atoms with Gasteiger partial charge < -0.3 is 9.47 Å². The van der Waals surface area contributed by atoms with Crippen LogP contribution >= 0.6 is 0 Å². The lowest BCUT2D eigenvalue weighted by molar-refractivity contribution is -0.158. The van der Waals surface area contributed by atoms with E-state index in [1.807, 2.05) is 37.3 Å². The summed E-state index contributed by atoms with van der Waals surface area (Å²) in [6.07, 6.45) is 2.48. The van der Waals surface area contributed by atoms with Gasteiger partial charge in [0.05, 0.1) is 18.6 Å². The fourth-order valence-electron chi connectivity index (χ4n) is 2.30. The molecule has 98 valence electrons. The van der Waals surface area contributed by atoms with E-state index >= 15 is 0 Å². The van der Waals surface area contributed by atoms with Crippen LogP contribution in [0.4, 0.5) is 0 Å². The second kappa shape index (κ2) is 6.55. The molecular formula is C15H20O3. The quantitative estimate of drug-likeness (QED) is 0.768. The number of carbonyl (C=O) groups is 1. The molecule has 1 aliphatic rings. The van der Waals surface area contributed by atoms with Gasteiger partial charge in [0.25, 0.3) is 0 Å². The molecule has 0 bridgehead atoms. The Labute approximate surface area is 108 Å². The van der Waals surface area contributed by atoms with Crippen molar-refractivity contribution >= 4 is 5.97 Å². The van der Waals surface area contributed by atoms with Gasteiger partial charge in [0.15, 0.2) is 0 Å². The molecule has 0 spiro atoms. The highest BCUT2D eigenvalue weighted by Gasteiger charge is 2.33. The summed E-state index contributed by atoms with van der Waals surface area (Å²) >= 11 is 0. The van der Waals surface area contributed by atoms with Crippen LogP contribution in [0, 0.1) is 5.92 Å². The highest BCUT2D eigenvalue weighted by molar-refractivity contribution is 5.73. The lowest BCUT2D eigenvalue weighted by atomic mass is 9.89. The molecule has 3 nitrogen and oxygen atoms in total. The van der Waals surface area contributed by atoms with Crippen LogP contribution in [0.15, 0.2) is 30.3 Å². The number of benzene rings is 1. The van der Waals surface area contributed by atoms with E-state index in [0.717, 1.165) is 31.4 Å². The smallest absolute Gasteiger partial charge is 0.311 e. The van der Waals surface area contributed by atoms with Crippen molar-refractivity contribution < 1.29 is 14.3 Å². The van der Waals surface area contributed by atoms with Gasteiger partial charge in [-0.05, 0) is 24.8 Å². The maximum absolute atomic E-state index is 12.0. The molecule has 0 amide bonds. The number of carbonyl (C=O) groups excluding carboxylic acids is 1. The standard InChI is InChI=1S/C15H20O3/c1-2-10-18-15(16)13-9-6-11-17-14(13)12-7-4-3-5-8-12/h3-5,7-8,13-14H,2,6,9-11H2,1H3. The van der Waals surface area contributed by atoms with E-state index in [9.17, 15) is 4.79 Å². The monoisotopic (exact) mass is 248 g/mol. The molecule has 1 aromatic rings. The van der Waals surface area contributed by atoms with Crippen LogP contribution < -0.4 is 0 Å². The van der Waals surface area contributed by atoms with Gasteiger partial charge in [-0.25, -0.2) is 0 Å². The van der Waals surface area contributed by atoms with E-state index in [-0.39, 0.29) is 18.0 Å². The molecule has 1 aromatic carbocycles. The zero-order valence-corrected chi connectivity index (χ0v) is 10.8. The summed E-state index contributed by atoms with van der Waals surface area (Å²) in [5, 5.41) is 0. The summed E-state index contributed by atoms with van der Waals surface area (Å²) in [6, 6.07) is 9.94. The molecule has 2 rings (SSSR count). The summed E-state index contributed by atoms with van der Waals surface area (Å²) < 4.78 is 11.0. The third-order valence-electron chi connectivity index (χ3n) is 3.20. The van der Waals surface area contributed by atoms with Crippen LogP contribution in [-0.4, -0.2) is 19.2 Å². The Kier molecular flexibility index (Phi) is 4.76. The van der Waals surface area contributed by atoms with E-state index in [4.69, 9.17) is 9.47 Å². The lowest BCUT2D eigenvalue weighted by Gasteiger charge is -2.30. The van der Waals surface area contributed by atoms with Gasteiger partial charge in [-0.3, -0.25) is 4.79 Å². The van der Waals surface area contributed by atoms with Gasteiger partial charge in [0, 0.05) is 6.61 Å². The molecule has 1 saturated heterocycles. The Balaban J connectivity index is 2.09. The molecule has 1 fully saturated rings. The molecule has 0 radical (unpaired) electrons. The Hall–Kier alpha value is -1.35. The van der Waals surface area contributed by atoms with Gasteiger partial charge >= 0.3 is 5.97 Å². The average molecular weight is 248 g/mol. The molecule has 1 aliphatic heterocycles. The maximum atomic E-state index is 12.0. The number of ether oxygens (including phenoxy) is 2. The molecule has 18 heavy (non-hydrogen) atoms. The molecule has 1 heterocycles.